The number of rotatable bonds is 7. The number of sulfone groups is 1. The zero-order valence-electron chi connectivity index (χ0n) is 14.2. The van der Waals surface area contributed by atoms with E-state index < -0.39 is 15.9 Å². The van der Waals surface area contributed by atoms with Gasteiger partial charge in [-0.2, -0.15) is 0 Å². The minimum absolute atomic E-state index is 0.0745. The number of nitrogens with one attached hydrogen (secondary N) is 1. The fourth-order valence-corrected chi connectivity index (χ4v) is 5.04. The molecule has 0 aliphatic carbocycles. The summed E-state index contributed by atoms with van der Waals surface area (Å²) in [6.45, 7) is 1.50. The van der Waals surface area contributed by atoms with Gasteiger partial charge in [-0.25, -0.2) is 8.42 Å². The molecule has 2 aliphatic heterocycles. The highest BCUT2D eigenvalue weighted by Gasteiger charge is 2.36. The number of ether oxygens (including phenoxy) is 1. The third-order valence-electron chi connectivity index (χ3n) is 4.67. The van der Waals surface area contributed by atoms with Crippen LogP contribution in [0.2, 0.25) is 0 Å². The number of piperidine rings is 1. The summed E-state index contributed by atoms with van der Waals surface area (Å²) < 4.78 is 30.7. The molecule has 2 heterocycles. The molecule has 9 heteroatoms. The van der Waals surface area contributed by atoms with Gasteiger partial charge in [-0.3, -0.25) is 19.8 Å². The normalized spacial score (nSPS) is 20.9. The second-order valence-electron chi connectivity index (χ2n) is 6.39. The summed E-state index contributed by atoms with van der Waals surface area (Å²) in [7, 11) is -3.46. The van der Waals surface area contributed by atoms with Crippen LogP contribution in [0.15, 0.2) is 23.1 Å². The Bertz CT molecular complexity index is 811. The molecule has 1 aromatic carbocycles. The number of alkyl halides is 1. The maximum atomic E-state index is 12.7. The summed E-state index contributed by atoms with van der Waals surface area (Å²) in [5.74, 6) is -0.633. The first kappa shape index (κ1) is 19.5. The standard InChI is InChI=1S/C17H21BrN2O5S/c18-6-7-25-8-9-26(23,24)15-3-1-2-12-10-20(11-13(12)15)14-4-5-16(21)19-17(14)22/h1-3,14H,4-11H2,(H,19,21,22). The second-order valence-corrected chi connectivity index (χ2v) is 9.26. The molecular weight excluding hydrogens is 424 g/mol. The fraction of sp³-hybridized carbons (Fsp3) is 0.529. The van der Waals surface area contributed by atoms with Crippen LogP contribution < -0.4 is 5.32 Å². The highest BCUT2D eigenvalue weighted by atomic mass is 79.9. The van der Waals surface area contributed by atoms with Gasteiger partial charge in [-0.05, 0) is 23.6 Å². The minimum atomic E-state index is -3.46. The van der Waals surface area contributed by atoms with Gasteiger partial charge in [0.25, 0.3) is 0 Å². The summed E-state index contributed by atoms with van der Waals surface area (Å²) >= 11 is 3.23. The van der Waals surface area contributed by atoms with E-state index in [2.05, 4.69) is 21.2 Å². The number of carbonyl (C=O) groups excluding carboxylic acids is 2. The van der Waals surface area contributed by atoms with Crippen LogP contribution in [-0.4, -0.2) is 55.5 Å². The lowest BCUT2D eigenvalue weighted by Gasteiger charge is -2.29. The molecule has 1 N–H and O–H groups in total. The van der Waals surface area contributed by atoms with E-state index in [0.717, 1.165) is 11.1 Å². The van der Waals surface area contributed by atoms with E-state index >= 15 is 0 Å². The molecule has 0 saturated carbocycles. The molecule has 142 valence electrons. The van der Waals surface area contributed by atoms with E-state index in [1.807, 2.05) is 11.0 Å². The first-order valence-electron chi connectivity index (χ1n) is 8.47. The van der Waals surface area contributed by atoms with E-state index in [9.17, 15) is 18.0 Å². The van der Waals surface area contributed by atoms with Gasteiger partial charge >= 0.3 is 0 Å². The summed E-state index contributed by atoms with van der Waals surface area (Å²) in [6.07, 6.45) is 0.764. The van der Waals surface area contributed by atoms with Gasteiger partial charge in [0.15, 0.2) is 9.84 Å². The van der Waals surface area contributed by atoms with Crippen molar-refractivity contribution >= 4 is 37.6 Å². The van der Waals surface area contributed by atoms with Gasteiger partial charge in [0.1, 0.15) is 0 Å². The number of imide groups is 1. The lowest BCUT2D eigenvalue weighted by atomic mass is 10.0. The average Bonchev–Trinajstić information content (AvgIpc) is 3.02. The summed E-state index contributed by atoms with van der Waals surface area (Å²) in [6, 6.07) is 4.84. The van der Waals surface area contributed by atoms with Crippen LogP contribution in [-0.2, 0) is 37.3 Å². The third kappa shape index (κ3) is 4.16. The highest BCUT2D eigenvalue weighted by Crippen LogP contribution is 2.32. The lowest BCUT2D eigenvalue weighted by molar-refractivity contribution is -0.137. The van der Waals surface area contributed by atoms with Crippen molar-refractivity contribution in [1.29, 1.82) is 0 Å². The Morgan fingerprint density at radius 2 is 2.04 bits per heavy atom. The number of benzene rings is 1. The van der Waals surface area contributed by atoms with Gasteiger partial charge in [-0.1, -0.05) is 28.1 Å². The number of amides is 2. The Morgan fingerprint density at radius 1 is 1.23 bits per heavy atom. The molecule has 2 amide bonds. The summed E-state index contributed by atoms with van der Waals surface area (Å²) in [4.78, 5) is 25.7. The molecule has 3 rings (SSSR count). The van der Waals surface area contributed by atoms with Crippen molar-refractivity contribution in [1.82, 2.24) is 10.2 Å². The Kier molecular flexibility index (Phi) is 6.11. The molecule has 1 fully saturated rings. The van der Waals surface area contributed by atoms with E-state index in [4.69, 9.17) is 4.74 Å². The number of nitrogens with zero attached hydrogens (tertiary/aromatic N) is 1. The van der Waals surface area contributed by atoms with Crippen LogP contribution in [0.25, 0.3) is 0 Å². The molecule has 0 aromatic heterocycles. The largest absolute Gasteiger partial charge is 0.380 e. The van der Waals surface area contributed by atoms with E-state index in [0.29, 0.717) is 42.8 Å². The second kappa shape index (κ2) is 8.16. The van der Waals surface area contributed by atoms with Crippen molar-refractivity contribution in [2.24, 2.45) is 0 Å². The topological polar surface area (TPSA) is 92.8 Å². The van der Waals surface area contributed by atoms with Crippen molar-refractivity contribution in [3.8, 4) is 0 Å². The van der Waals surface area contributed by atoms with Crippen LogP contribution >= 0.6 is 15.9 Å². The molecular formula is C17H21BrN2O5S. The summed E-state index contributed by atoms with van der Waals surface area (Å²) in [5.41, 5.74) is 1.66. The van der Waals surface area contributed by atoms with E-state index in [1.54, 1.807) is 12.1 Å². The molecule has 0 spiro atoms. The van der Waals surface area contributed by atoms with Crippen LogP contribution in [0.3, 0.4) is 0 Å². The van der Waals surface area contributed by atoms with Gasteiger partial charge in [0.05, 0.1) is 29.9 Å². The number of hydrogen-bond acceptors (Lipinski definition) is 6. The molecule has 26 heavy (non-hydrogen) atoms. The first-order valence-corrected chi connectivity index (χ1v) is 11.2. The first-order chi connectivity index (χ1) is 12.4. The molecule has 1 unspecified atom stereocenters. The van der Waals surface area contributed by atoms with Gasteiger partial charge in [-0.15, -0.1) is 0 Å². The predicted molar refractivity (Wildman–Crippen MR) is 98.5 cm³/mol. The SMILES string of the molecule is O=C1CCC(N2Cc3cccc(S(=O)(=O)CCOCCBr)c3C2)C(=O)N1. The number of fused-ring (bicyclic) bond motifs is 1. The van der Waals surface area contributed by atoms with Gasteiger partial charge in [0, 0.05) is 24.8 Å². The van der Waals surface area contributed by atoms with Gasteiger partial charge in [0.2, 0.25) is 11.8 Å². The third-order valence-corrected chi connectivity index (χ3v) is 6.75. The smallest absolute Gasteiger partial charge is 0.243 e. The fourth-order valence-electron chi connectivity index (χ4n) is 3.39. The zero-order chi connectivity index (χ0) is 18.7. The van der Waals surface area contributed by atoms with Crippen molar-refractivity contribution in [2.45, 2.75) is 36.9 Å². The maximum Gasteiger partial charge on any atom is 0.243 e. The number of carbonyl (C=O) groups is 2. The predicted octanol–water partition coefficient (Wildman–Crippen LogP) is 0.993. The van der Waals surface area contributed by atoms with Crippen LogP contribution in [0.4, 0.5) is 0 Å². The average molecular weight is 445 g/mol. The zero-order valence-corrected chi connectivity index (χ0v) is 16.6. The number of halogens is 1. The molecule has 7 nitrogen and oxygen atoms in total. The Hall–Kier alpha value is -1.29. The number of hydrogen-bond donors (Lipinski definition) is 1. The Balaban J connectivity index is 1.75. The van der Waals surface area contributed by atoms with Crippen molar-refractivity contribution in [3.05, 3.63) is 29.3 Å². The van der Waals surface area contributed by atoms with Crippen LogP contribution in [0.1, 0.15) is 24.0 Å². The van der Waals surface area contributed by atoms with Crippen molar-refractivity contribution in [3.63, 3.8) is 0 Å². The lowest BCUT2D eigenvalue weighted by Crippen LogP contribution is -2.50. The van der Waals surface area contributed by atoms with E-state index in [1.165, 1.54) is 0 Å². The van der Waals surface area contributed by atoms with Gasteiger partial charge < -0.3 is 4.74 Å². The summed E-state index contributed by atoms with van der Waals surface area (Å²) in [5, 5.41) is 3.02. The molecule has 0 radical (unpaired) electrons. The van der Waals surface area contributed by atoms with Crippen molar-refractivity contribution < 1.29 is 22.7 Å². The quantitative estimate of drug-likeness (QED) is 0.383. The molecule has 2 aliphatic rings. The molecule has 1 atom stereocenters. The maximum absolute atomic E-state index is 12.7. The van der Waals surface area contributed by atoms with Crippen LogP contribution in [0.5, 0.6) is 0 Å². The Morgan fingerprint density at radius 3 is 2.77 bits per heavy atom. The molecule has 1 saturated heterocycles. The minimum Gasteiger partial charge on any atom is -0.380 e. The molecule has 1 aromatic rings. The van der Waals surface area contributed by atoms with Crippen LogP contribution in [0, 0.1) is 0 Å². The Labute approximate surface area is 161 Å². The van der Waals surface area contributed by atoms with E-state index in [-0.39, 0.29) is 24.2 Å². The van der Waals surface area contributed by atoms with Crippen molar-refractivity contribution in [2.75, 3.05) is 24.3 Å². The molecule has 0 bridgehead atoms. The highest BCUT2D eigenvalue weighted by molar-refractivity contribution is 9.09. The monoisotopic (exact) mass is 444 g/mol.